The third kappa shape index (κ3) is 3.89. The molecule has 0 saturated heterocycles. The molecule has 0 bridgehead atoms. The number of rotatable bonds is 6. The molecule has 1 fully saturated rings. The van der Waals surface area contributed by atoms with Gasteiger partial charge in [0.2, 0.25) is 0 Å². The van der Waals surface area contributed by atoms with Crippen LogP contribution in [0.1, 0.15) is 31.2 Å². The summed E-state index contributed by atoms with van der Waals surface area (Å²) in [6.07, 6.45) is 3.15. The first-order chi connectivity index (χ1) is 11.1. The molecule has 2 rings (SSSR count). The minimum Gasteiger partial charge on any atom is -0.465 e. The van der Waals surface area contributed by atoms with Crippen molar-refractivity contribution in [3.8, 4) is 0 Å². The van der Waals surface area contributed by atoms with E-state index >= 15 is 0 Å². The van der Waals surface area contributed by atoms with E-state index in [1.807, 2.05) is 30.3 Å². The van der Waals surface area contributed by atoms with Crippen LogP contribution in [0.25, 0.3) is 0 Å². The number of alkyl halides is 1. The van der Waals surface area contributed by atoms with Crippen LogP contribution in [0.3, 0.4) is 0 Å². The molecular weight excluding hydrogens is 360 g/mol. The van der Waals surface area contributed by atoms with Crippen molar-refractivity contribution >= 4 is 34.5 Å². The Balaban J connectivity index is 2.32. The van der Waals surface area contributed by atoms with Crippen LogP contribution in [0.15, 0.2) is 30.3 Å². The third-order valence-electron chi connectivity index (χ3n) is 4.61. The van der Waals surface area contributed by atoms with E-state index < -0.39 is 10.7 Å². The SMILES string of the molecule is CCOC(=O)C(Br)[C@@H]1CC[C@@H](C=O)[C@H](c2ccccc2)[C@H]1C=O. The van der Waals surface area contributed by atoms with E-state index in [1.165, 1.54) is 0 Å². The molecule has 1 saturated carbocycles. The normalized spacial score (nSPS) is 28.6. The van der Waals surface area contributed by atoms with Gasteiger partial charge in [0, 0.05) is 17.8 Å². The highest BCUT2D eigenvalue weighted by Gasteiger charge is 2.44. The molecule has 0 heterocycles. The Labute approximate surface area is 144 Å². The number of carbonyl (C=O) groups is 3. The number of benzene rings is 1. The van der Waals surface area contributed by atoms with Gasteiger partial charge in [-0.15, -0.1) is 0 Å². The molecule has 0 radical (unpaired) electrons. The van der Waals surface area contributed by atoms with Gasteiger partial charge in [-0.3, -0.25) is 4.79 Å². The molecule has 124 valence electrons. The molecule has 1 aliphatic rings. The Bertz CT molecular complexity index is 545. The average Bonchev–Trinajstić information content (AvgIpc) is 2.60. The van der Waals surface area contributed by atoms with Crippen LogP contribution in [0.2, 0.25) is 0 Å². The molecule has 4 nitrogen and oxygen atoms in total. The topological polar surface area (TPSA) is 60.4 Å². The Morgan fingerprint density at radius 1 is 1.26 bits per heavy atom. The molecule has 0 spiro atoms. The molecule has 0 aliphatic heterocycles. The summed E-state index contributed by atoms with van der Waals surface area (Å²) in [7, 11) is 0. The van der Waals surface area contributed by atoms with Crippen LogP contribution < -0.4 is 0 Å². The highest BCUT2D eigenvalue weighted by molar-refractivity contribution is 9.10. The first-order valence-corrected chi connectivity index (χ1v) is 8.81. The number of hydrogen-bond donors (Lipinski definition) is 0. The van der Waals surface area contributed by atoms with Crippen molar-refractivity contribution in [3.63, 3.8) is 0 Å². The van der Waals surface area contributed by atoms with E-state index in [4.69, 9.17) is 4.74 Å². The first kappa shape index (κ1) is 17.9. The van der Waals surface area contributed by atoms with Gasteiger partial charge in [-0.1, -0.05) is 46.3 Å². The second-order valence-corrected chi connectivity index (χ2v) is 6.83. The van der Waals surface area contributed by atoms with Crippen molar-refractivity contribution in [1.82, 2.24) is 0 Å². The molecule has 1 aliphatic carbocycles. The summed E-state index contributed by atoms with van der Waals surface area (Å²) in [5.74, 6) is -1.31. The van der Waals surface area contributed by atoms with E-state index in [0.717, 1.165) is 18.1 Å². The van der Waals surface area contributed by atoms with Gasteiger partial charge in [-0.05, 0) is 31.2 Å². The molecule has 1 aromatic rings. The van der Waals surface area contributed by atoms with Crippen molar-refractivity contribution in [1.29, 1.82) is 0 Å². The highest BCUT2D eigenvalue weighted by Crippen LogP contribution is 2.46. The lowest BCUT2D eigenvalue weighted by Crippen LogP contribution is -2.41. The van der Waals surface area contributed by atoms with Crippen LogP contribution in [0, 0.1) is 17.8 Å². The summed E-state index contributed by atoms with van der Waals surface area (Å²) in [5.41, 5.74) is 0.968. The van der Waals surface area contributed by atoms with Gasteiger partial charge in [-0.2, -0.15) is 0 Å². The van der Waals surface area contributed by atoms with Crippen LogP contribution in [-0.2, 0) is 19.1 Å². The summed E-state index contributed by atoms with van der Waals surface area (Å²) in [6, 6.07) is 9.59. The minimum absolute atomic E-state index is 0.173. The summed E-state index contributed by atoms with van der Waals surface area (Å²) >= 11 is 3.41. The van der Waals surface area contributed by atoms with Gasteiger partial charge in [0.25, 0.3) is 0 Å². The number of ether oxygens (including phenoxy) is 1. The van der Waals surface area contributed by atoms with E-state index in [2.05, 4.69) is 15.9 Å². The maximum Gasteiger partial charge on any atom is 0.320 e. The predicted octanol–water partition coefficient (Wildman–Crippen LogP) is 3.14. The molecule has 23 heavy (non-hydrogen) atoms. The predicted molar refractivity (Wildman–Crippen MR) is 90.4 cm³/mol. The van der Waals surface area contributed by atoms with E-state index in [-0.39, 0.29) is 23.7 Å². The molecule has 0 amide bonds. The van der Waals surface area contributed by atoms with Crippen molar-refractivity contribution in [2.45, 2.75) is 30.5 Å². The van der Waals surface area contributed by atoms with Gasteiger partial charge >= 0.3 is 5.97 Å². The fourth-order valence-electron chi connectivity index (χ4n) is 3.53. The van der Waals surface area contributed by atoms with E-state index in [9.17, 15) is 14.4 Å². The smallest absolute Gasteiger partial charge is 0.320 e. The van der Waals surface area contributed by atoms with E-state index in [1.54, 1.807) is 6.92 Å². The fourth-order valence-corrected chi connectivity index (χ4v) is 4.28. The van der Waals surface area contributed by atoms with Gasteiger partial charge in [0.1, 0.15) is 17.4 Å². The molecule has 1 unspecified atom stereocenters. The second-order valence-electron chi connectivity index (χ2n) is 5.84. The first-order valence-electron chi connectivity index (χ1n) is 7.90. The number of hydrogen-bond acceptors (Lipinski definition) is 4. The van der Waals surface area contributed by atoms with Crippen molar-refractivity contribution < 1.29 is 19.1 Å². The van der Waals surface area contributed by atoms with Gasteiger partial charge in [-0.25, -0.2) is 0 Å². The standard InChI is InChI=1S/C18H21BrO4/c1-2-23-18(22)17(19)14-9-8-13(10-20)16(15(14)11-21)12-6-4-3-5-7-12/h3-7,10-11,13-17H,2,8-9H2,1H3/t13-,14+,15-,16-,17?/m0/s1. The van der Waals surface area contributed by atoms with Crippen LogP contribution in [-0.4, -0.2) is 30.0 Å². The zero-order valence-electron chi connectivity index (χ0n) is 13.1. The van der Waals surface area contributed by atoms with Crippen molar-refractivity contribution in [2.75, 3.05) is 6.61 Å². The zero-order chi connectivity index (χ0) is 16.8. The van der Waals surface area contributed by atoms with Crippen molar-refractivity contribution in [3.05, 3.63) is 35.9 Å². The lowest BCUT2D eigenvalue weighted by Gasteiger charge is -2.40. The maximum absolute atomic E-state index is 12.0. The summed E-state index contributed by atoms with van der Waals surface area (Å²) in [5, 5.41) is 0. The average molecular weight is 381 g/mol. The monoisotopic (exact) mass is 380 g/mol. The summed E-state index contributed by atoms with van der Waals surface area (Å²) < 4.78 is 5.07. The minimum atomic E-state index is -0.531. The van der Waals surface area contributed by atoms with Crippen LogP contribution >= 0.6 is 15.9 Å². The largest absolute Gasteiger partial charge is 0.465 e. The second kappa shape index (κ2) is 8.39. The molecule has 5 heteroatoms. The zero-order valence-corrected chi connectivity index (χ0v) is 14.6. The Morgan fingerprint density at radius 2 is 1.96 bits per heavy atom. The molecule has 0 aromatic heterocycles. The summed E-state index contributed by atoms with van der Waals surface area (Å²) in [4.78, 5) is 34.8. The lowest BCUT2D eigenvalue weighted by atomic mass is 9.64. The summed E-state index contributed by atoms with van der Waals surface area (Å²) in [6.45, 7) is 2.06. The Hall–Kier alpha value is -1.49. The van der Waals surface area contributed by atoms with Crippen LogP contribution in [0.5, 0.6) is 0 Å². The number of carbonyl (C=O) groups excluding carboxylic acids is 3. The quantitative estimate of drug-likeness (QED) is 0.432. The Kier molecular flexibility index (Phi) is 6.51. The molecule has 0 N–H and O–H groups in total. The van der Waals surface area contributed by atoms with Gasteiger partial charge in [0.15, 0.2) is 0 Å². The highest BCUT2D eigenvalue weighted by atomic mass is 79.9. The molecular formula is C18H21BrO4. The van der Waals surface area contributed by atoms with Crippen LogP contribution in [0.4, 0.5) is 0 Å². The molecule has 5 atom stereocenters. The fraction of sp³-hybridized carbons (Fsp3) is 0.500. The van der Waals surface area contributed by atoms with Gasteiger partial charge < -0.3 is 14.3 Å². The lowest BCUT2D eigenvalue weighted by molar-refractivity contribution is -0.144. The number of aldehydes is 2. The number of halogens is 1. The number of esters is 1. The van der Waals surface area contributed by atoms with Crippen molar-refractivity contribution in [2.24, 2.45) is 17.8 Å². The maximum atomic E-state index is 12.0. The van der Waals surface area contributed by atoms with E-state index in [0.29, 0.717) is 19.4 Å². The Morgan fingerprint density at radius 3 is 2.52 bits per heavy atom. The van der Waals surface area contributed by atoms with Gasteiger partial charge in [0.05, 0.1) is 6.61 Å². The third-order valence-corrected chi connectivity index (χ3v) is 5.66. The molecule has 1 aromatic carbocycles.